The minimum atomic E-state index is -4.43. The van der Waals surface area contributed by atoms with Crippen molar-refractivity contribution in [3.63, 3.8) is 0 Å². The van der Waals surface area contributed by atoms with Gasteiger partial charge in [-0.1, -0.05) is 0 Å². The van der Waals surface area contributed by atoms with E-state index in [-0.39, 0.29) is 16.5 Å². The van der Waals surface area contributed by atoms with E-state index in [1.165, 1.54) is 18.6 Å². The fraction of sp³-hybridized carbons (Fsp3) is 0.167. The fourth-order valence-corrected chi connectivity index (χ4v) is 2.48. The van der Waals surface area contributed by atoms with Crippen molar-refractivity contribution in [1.82, 2.24) is 4.98 Å². The van der Waals surface area contributed by atoms with Gasteiger partial charge in [-0.3, -0.25) is 0 Å². The van der Waals surface area contributed by atoms with Gasteiger partial charge in [0.2, 0.25) is 0 Å². The van der Waals surface area contributed by atoms with Gasteiger partial charge in [-0.2, -0.15) is 13.2 Å². The second-order valence-corrected chi connectivity index (χ2v) is 5.56. The SMILES string of the molecule is COC(=O)c1csc(Nc2cc(C(F)(F)F)ccc2Br)n1. The molecular formula is C12H8BrF3N2O2S. The highest BCUT2D eigenvalue weighted by Crippen LogP contribution is 2.35. The number of thiazole rings is 1. The van der Waals surface area contributed by atoms with Gasteiger partial charge < -0.3 is 10.1 Å². The summed E-state index contributed by atoms with van der Waals surface area (Å²) in [5.74, 6) is -0.609. The molecule has 0 fully saturated rings. The Hall–Kier alpha value is -1.61. The zero-order valence-electron chi connectivity index (χ0n) is 10.5. The molecule has 0 aliphatic heterocycles. The molecule has 0 unspecified atom stereocenters. The molecule has 1 aromatic heterocycles. The Morgan fingerprint density at radius 2 is 2.14 bits per heavy atom. The highest BCUT2D eigenvalue weighted by molar-refractivity contribution is 9.10. The molecule has 2 rings (SSSR count). The van der Waals surface area contributed by atoms with Crippen molar-refractivity contribution in [2.45, 2.75) is 6.18 Å². The maximum absolute atomic E-state index is 12.7. The van der Waals surface area contributed by atoms with Crippen molar-refractivity contribution >= 4 is 44.1 Å². The molecule has 0 amide bonds. The first-order valence-corrected chi connectivity index (χ1v) is 7.16. The summed E-state index contributed by atoms with van der Waals surface area (Å²) in [6, 6.07) is 3.22. The van der Waals surface area contributed by atoms with Crippen molar-refractivity contribution < 1.29 is 22.7 Å². The number of hydrogen-bond donors (Lipinski definition) is 1. The zero-order valence-corrected chi connectivity index (χ0v) is 12.9. The minimum absolute atomic E-state index is 0.0908. The number of halogens is 4. The van der Waals surface area contributed by atoms with Gasteiger partial charge in [-0.15, -0.1) is 11.3 Å². The molecule has 112 valence electrons. The number of aromatic nitrogens is 1. The van der Waals surface area contributed by atoms with Gasteiger partial charge in [0.05, 0.1) is 18.4 Å². The first kappa shape index (κ1) is 15.8. The van der Waals surface area contributed by atoms with Gasteiger partial charge in [0, 0.05) is 9.85 Å². The predicted octanol–water partition coefficient (Wildman–Crippen LogP) is 4.45. The van der Waals surface area contributed by atoms with Gasteiger partial charge in [0.15, 0.2) is 10.8 Å². The summed E-state index contributed by atoms with van der Waals surface area (Å²) < 4.78 is 43.0. The summed E-state index contributed by atoms with van der Waals surface area (Å²) in [6.07, 6.45) is -4.43. The summed E-state index contributed by atoms with van der Waals surface area (Å²) in [5.41, 5.74) is -0.485. The molecule has 0 radical (unpaired) electrons. The maximum atomic E-state index is 12.7. The van der Waals surface area contributed by atoms with Crippen molar-refractivity contribution in [2.24, 2.45) is 0 Å². The molecule has 0 atom stereocenters. The number of carbonyl (C=O) groups excluding carboxylic acids is 1. The molecule has 1 heterocycles. The number of hydrogen-bond acceptors (Lipinski definition) is 5. The summed E-state index contributed by atoms with van der Waals surface area (Å²) in [4.78, 5) is 15.2. The average Bonchev–Trinajstić information content (AvgIpc) is 2.87. The number of nitrogens with zero attached hydrogens (tertiary/aromatic N) is 1. The molecule has 4 nitrogen and oxygen atoms in total. The van der Waals surface area contributed by atoms with Gasteiger partial charge in [-0.25, -0.2) is 9.78 Å². The number of esters is 1. The summed E-state index contributed by atoms with van der Waals surface area (Å²) >= 11 is 4.24. The average molecular weight is 381 g/mol. The van der Waals surface area contributed by atoms with Crippen molar-refractivity contribution in [1.29, 1.82) is 0 Å². The molecule has 2 aromatic rings. The van der Waals surface area contributed by atoms with E-state index in [0.29, 0.717) is 4.47 Å². The van der Waals surface area contributed by atoms with Gasteiger partial charge in [0.1, 0.15) is 0 Å². The molecule has 9 heteroatoms. The number of alkyl halides is 3. The Morgan fingerprint density at radius 1 is 1.43 bits per heavy atom. The lowest BCUT2D eigenvalue weighted by atomic mass is 10.2. The van der Waals surface area contributed by atoms with Crippen LogP contribution >= 0.6 is 27.3 Å². The molecule has 1 aromatic carbocycles. The lowest BCUT2D eigenvalue weighted by Gasteiger charge is -2.11. The number of nitrogens with one attached hydrogen (secondary N) is 1. The predicted molar refractivity (Wildman–Crippen MR) is 75.9 cm³/mol. The number of methoxy groups -OCH3 is 1. The van der Waals surface area contributed by atoms with Crippen LogP contribution < -0.4 is 5.32 Å². The van der Waals surface area contributed by atoms with Crippen LogP contribution in [0, 0.1) is 0 Å². The number of benzene rings is 1. The maximum Gasteiger partial charge on any atom is 0.416 e. The topological polar surface area (TPSA) is 51.2 Å². The molecule has 0 spiro atoms. The van der Waals surface area contributed by atoms with Crippen LogP contribution in [0.5, 0.6) is 0 Å². The van der Waals surface area contributed by atoms with Crippen LogP contribution in [0.15, 0.2) is 28.1 Å². The largest absolute Gasteiger partial charge is 0.464 e. The van der Waals surface area contributed by atoms with E-state index >= 15 is 0 Å². The van der Waals surface area contributed by atoms with E-state index in [4.69, 9.17) is 0 Å². The van der Waals surface area contributed by atoms with Gasteiger partial charge in [-0.05, 0) is 34.1 Å². The van der Waals surface area contributed by atoms with E-state index in [0.717, 1.165) is 23.5 Å². The third-order valence-corrected chi connectivity index (χ3v) is 3.88. The zero-order chi connectivity index (χ0) is 15.6. The highest BCUT2D eigenvalue weighted by atomic mass is 79.9. The van der Waals surface area contributed by atoms with Gasteiger partial charge >= 0.3 is 12.1 Å². The Morgan fingerprint density at radius 3 is 2.76 bits per heavy atom. The van der Waals surface area contributed by atoms with Crippen molar-refractivity contribution in [2.75, 3.05) is 12.4 Å². The Bertz CT molecular complexity index is 673. The van der Waals surface area contributed by atoms with E-state index < -0.39 is 17.7 Å². The van der Waals surface area contributed by atoms with E-state index in [2.05, 4.69) is 31.0 Å². The Labute approximate surface area is 130 Å². The van der Waals surface area contributed by atoms with Crippen LogP contribution in [0.2, 0.25) is 0 Å². The van der Waals surface area contributed by atoms with Crippen LogP contribution in [-0.2, 0) is 10.9 Å². The number of carbonyl (C=O) groups is 1. The first-order valence-electron chi connectivity index (χ1n) is 5.49. The van der Waals surface area contributed by atoms with Crippen LogP contribution in [0.25, 0.3) is 0 Å². The molecular weight excluding hydrogens is 373 g/mol. The quantitative estimate of drug-likeness (QED) is 0.798. The van der Waals surface area contributed by atoms with E-state index in [9.17, 15) is 18.0 Å². The van der Waals surface area contributed by atoms with Crippen molar-refractivity contribution in [3.8, 4) is 0 Å². The Kier molecular flexibility index (Phi) is 4.52. The number of rotatable bonds is 3. The lowest BCUT2D eigenvalue weighted by molar-refractivity contribution is -0.137. The lowest BCUT2D eigenvalue weighted by Crippen LogP contribution is -2.06. The van der Waals surface area contributed by atoms with Crippen molar-refractivity contribution in [3.05, 3.63) is 39.3 Å². The van der Waals surface area contributed by atoms with Crippen LogP contribution in [0.4, 0.5) is 24.0 Å². The molecule has 0 saturated heterocycles. The third kappa shape index (κ3) is 3.73. The third-order valence-electron chi connectivity index (χ3n) is 2.43. The smallest absolute Gasteiger partial charge is 0.416 e. The molecule has 0 aliphatic rings. The molecule has 0 bridgehead atoms. The number of ether oxygens (including phenoxy) is 1. The van der Waals surface area contributed by atoms with Crippen LogP contribution in [-0.4, -0.2) is 18.1 Å². The van der Waals surface area contributed by atoms with Crippen LogP contribution in [0.3, 0.4) is 0 Å². The fourth-order valence-electron chi connectivity index (χ4n) is 1.44. The highest BCUT2D eigenvalue weighted by Gasteiger charge is 2.31. The second-order valence-electron chi connectivity index (χ2n) is 3.85. The monoisotopic (exact) mass is 380 g/mol. The molecule has 21 heavy (non-hydrogen) atoms. The van der Waals surface area contributed by atoms with E-state index in [1.807, 2.05) is 0 Å². The summed E-state index contributed by atoms with van der Waals surface area (Å²) in [6.45, 7) is 0. The normalized spacial score (nSPS) is 11.3. The second kappa shape index (κ2) is 6.02. The minimum Gasteiger partial charge on any atom is -0.464 e. The summed E-state index contributed by atoms with van der Waals surface area (Å²) in [7, 11) is 1.22. The standard InChI is InChI=1S/C12H8BrF3N2O2S/c1-20-10(19)9-5-21-11(18-9)17-8-4-6(12(14,15)16)2-3-7(8)13/h2-5H,1H3,(H,17,18). The summed E-state index contributed by atoms with van der Waals surface area (Å²) in [5, 5.41) is 4.48. The van der Waals surface area contributed by atoms with Crippen LogP contribution in [0.1, 0.15) is 16.1 Å². The first-order chi connectivity index (χ1) is 9.81. The van der Waals surface area contributed by atoms with E-state index in [1.54, 1.807) is 0 Å². The molecule has 0 saturated carbocycles. The van der Waals surface area contributed by atoms with Gasteiger partial charge in [0.25, 0.3) is 0 Å². The number of anilines is 2. The molecule has 0 aliphatic carbocycles. The molecule has 1 N–H and O–H groups in total. The Balaban J connectivity index is 2.27.